The summed E-state index contributed by atoms with van der Waals surface area (Å²) in [5.41, 5.74) is 0.341. The highest BCUT2D eigenvalue weighted by atomic mass is 35.5. The molecule has 4 aliphatic heterocycles. The van der Waals surface area contributed by atoms with Gasteiger partial charge in [0.15, 0.2) is 11.6 Å². The summed E-state index contributed by atoms with van der Waals surface area (Å²) in [6.07, 6.45) is 11.7. The number of carbonyl (C=O) groups is 6. The summed E-state index contributed by atoms with van der Waals surface area (Å²) < 4.78 is 21.2. The molecule has 18 heteroatoms. The summed E-state index contributed by atoms with van der Waals surface area (Å²) in [5.74, 6) is 3.65. The Kier molecular flexibility index (Phi) is 15.0. The number of nitrogens with one attached hydrogen (secondary N) is 2. The van der Waals surface area contributed by atoms with Gasteiger partial charge in [-0.15, -0.1) is 35.5 Å². The standard InChI is InChI=1S/2C23H21ClN2O5S/c2*1-2-16-4-6-19(32-16)22(29)25-23(7-9-31-14-23)20(27)12-15-3-5-18(17(24)11-15)26-8-10-30-13-21(26)28/h2*1,3-6,11H,7-10,12-14H2,(H,25,29)/t2*23-/m10/s1. The molecule has 6 heterocycles. The first-order chi connectivity index (χ1) is 30.8. The lowest BCUT2D eigenvalue weighted by atomic mass is 9.88. The fourth-order valence-corrected chi connectivity index (χ4v) is 9.59. The number of thiophene rings is 2. The number of terminal acetylenes is 2. The molecule has 0 bridgehead atoms. The number of amides is 4. The Balaban J connectivity index is 0.000000191. The van der Waals surface area contributed by atoms with Crippen LogP contribution >= 0.6 is 45.9 Å². The molecule has 8 rings (SSSR count). The van der Waals surface area contributed by atoms with Gasteiger partial charge in [0.2, 0.25) is 0 Å². The maximum atomic E-state index is 13.3. The zero-order valence-electron chi connectivity index (χ0n) is 34.4. The van der Waals surface area contributed by atoms with Gasteiger partial charge >= 0.3 is 0 Å². The highest BCUT2D eigenvalue weighted by Crippen LogP contribution is 2.32. The van der Waals surface area contributed by atoms with Crippen molar-refractivity contribution in [2.24, 2.45) is 0 Å². The topological polar surface area (TPSA) is 170 Å². The number of ether oxygens (including phenoxy) is 4. The van der Waals surface area contributed by atoms with E-state index in [1.807, 2.05) is 0 Å². The normalized spacial score (nSPS) is 20.8. The van der Waals surface area contributed by atoms with Crippen molar-refractivity contribution in [1.82, 2.24) is 10.6 Å². The van der Waals surface area contributed by atoms with Crippen LogP contribution in [0.5, 0.6) is 0 Å². The van der Waals surface area contributed by atoms with Crippen LogP contribution in [0.25, 0.3) is 0 Å². The molecule has 14 nitrogen and oxygen atoms in total. The summed E-state index contributed by atoms with van der Waals surface area (Å²) in [4.78, 5) is 81.6. The van der Waals surface area contributed by atoms with Crippen LogP contribution in [0.1, 0.15) is 53.1 Å². The van der Waals surface area contributed by atoms with Crippen LogP contribution in [0.3, 0.4) is 0 Å². The van der Waals surface area contributed by atoms with Crippen molar-refractivity contribution in [2.45, 2.75) is 36.8 Å². The van der Waals surface area contributed by atoms with Crippen LogP contribution in [0.15, 0.2) is 60.7 Å². The number of carbonyl (C=O) groups excluding carboxylic acids is 6. The number of morpholine rings is 2. The van der Waals surface area contributed by atoms with Crippen molar-refractivity contribution in [1.29, 1.82) is 0 Å². The first-order valence-electron chi connectivity index (χ1n) is 20.2. The van der Waals surface area contributed by atoms with Crippen LogP contribution in [0, 0.1) is 24.7 Å². The van der Waals surface area contributed by atoms with Gasteiger partial charge in [0.05, 0.1) is 67.4 Å². The fraction of sp³-hybridized carbons (Fsp3) is 0.348. The number of halogens is 2. The first-order valence-corrected chi connectivity index (χ1v) is 22.6. The predicted octanol–water partition coefficient (Wildman–Crippen LogP) is 4.89. The van der Waals surface area contributed by atoms with Gasteiger partial charge in [0.25, 0.3) is 23.6 Å². The second-order valence-electron chi connectivity index (χ2n) is 15.3. The number of anilines is 2. The third kappa shape index (κ3) is 10.6. The van der Waals surface area contributed by atoms with Crippen molar-refractivity contribution < 1.29 is 47.7 Å². The Morgan fingerprint density at radius 1 is 0.625 bits per heavy atom. The van der Waals surface area contributed by atoms with Crippen LogP contribution < -0.4 is 20.4 Å². The molecule has 4 fully saturated rings. The van der Waals surface area contributed by atoms with E-state index in [0.29, 0.717) is 104 Å². The molecule has 0 aliphatic carbocycles. The fourth-order valence-electron chi connectivity index (χ4n) is 7.55. The maximum absolute atomic E-state index is 13.3. The molecule has 4 aliphatic rings. The Morgan fingerprint density at radius 2 is 1.05 bits per heavy atom. The molecule has 2 aromatic heterocycles. The lowest BCUT2D eigenvalue weighted by molar-refractivity contribution is -0.126. The van der Waals surface area contributed by atoms with E-state index in [9.17, 15) is 28.8 Å². The zero-order valence-corrected chi connectivity index (χ0v) is 37.5. The third-order valence-electron chi connectivity index (χ3n) is 11.1. The number of nitrogens with zero attached hydrogens (tertiary/aromatic N) is 2. The Morgan fingerprint density at radius 3 is 1.38 bits per heavy atom. The quantitative estimate of drug-likeness (QED) is 0.187. The van der Waals surface area contributed by atoms with Gasteiger partial charge < -0.3 is 39.4 Å². The average Bonchev–Trinajstić information content (AvgIpc) is 4.14. The lowest BCUT2D eigenvalue weighted by Crippen LogP contribution is -2.55. The molecule has 0 saturated carbocycles. The highest BCUT2D eigenvalue weighted by Gasteiger charge is 2.45. The van der Waals surface area contributed by atoms with E-state index in [1.165, 1.54) is 22.7 Å². The van der Waals surface area contributed by atoms with E-state index in [1.54, 1.807) is 70.5 Å². The predicted molar refractivity (Wildman–Crippen MR) is 242 cm³/mol. The molecule has 0 spiro atoms. The van der Waals surface area contributed by atoms with Crippen molar-refractivity contribution in [3.05, 3.63) is 101 Å². The summed E-state index contributed by atoms with van der Waals surface area (Å²) in [6, 6.07) is 17.1. The minimum atomic E-state index is -1.11. The van der Waals surface area contributed by atoms with Gasteiger partial charge in [0, 0.05) is 52.0 Å². The average molecular weight is 946 g/mol. The maximum Gasteiger partial charge on any atom is 0.262 e. The Hall–Kier alpha value is -5.40. The van der Waals surface area contributed by atoms with Crippen molar-refractivity contribution in [2.75, 3.05) is 75.7 Å². The molecule has 64 heavy (non-hydrogen) atoms. The SMILES string of the molecule is C#Cc1ccc(C(=O)N[C@@]2(C(=O)Cc3ccc(N4CCOCC4=O)c(Cl)c3)CCOC2)s1.C#Cc1ccc(C(=O)N[C@]2(C(=O)Cc3ccc(N4CCOCC4=O)c(Cl)c3)CCOC2)s1. The number of hydrogen-bond donors (Lipinski definition) is 2. The van der Waals surface area contributed by atoms with Crippen LogP contribution in [-0.4, -0.2) is 112 Å². The van der Waals surface area contributed by atoms with Crippen molar-refractivity contribution in [3.63, 3.8) is 0 Å². The molecular formula is C46H42Cl2N4O10S2. The summed E-state index contributed by atoms with van der Waals surface area (Å²) in [7, 11) is 0. The molecule has 2 N–H and O–H groups in total. The van der Waals surface area contributed by atoms with Gasteiger partial charge in [-0.25, -0.2) is 0 Å². The molecule has 2 aromatic carbocycles. The second kappa shape index (κ2) is 20.6. The monoisotopic (exact) mass is 944 g/mol. The molecule has 332 valence electrons. The van der Waals surface area contributed by atoms with E-state index in [4.69, 9.17) is 55.0 Å². The minimum Gasteiger partial charge on any atom is -0.378 e. The molecule has 4 amide bonds. The van der Waals surface area contributed by atoms with Gasteiger partial charge in [-0.3, -0.25) is 28.8 Å². The molecule has 2 atom stereocenters. The highest BCUT2D eigenvalue weighted by molar-refractivity contribution is 7.14. The van der Waals surface area contributed by atoms with E-state index >= 15 is 0 Å². The lowest BCUT2D eigenvalue weighted by Gasteiger charge is -2.28. The number of rotatable bonds is 12. The molecule has 4 aromatic rings. The van der Waals surface area contributed by atoms with Crippen LogP contribution in [0.2, 0.25) is 10.0 Å². The largest absolute Gasteiger partial charge is 0.378 e. The summed E-state index contributed by atoms with van der Waals surface area (Å²) >= 11 is 15.3. The van der Waals surface area contributed by atoms with E-state index in [-0.39, 0.29) is 74.5 Å². The van der Waals surface area contributed by atoms with Crippen LogP contribution in [0.4, 0.5) is 11.4 Å². The molecule has 0 unspecified atom stereocenters. The Labute approximate surface area is 387 Å². The minimum absolute atomic E-state index is 0.0197. The summed E-state index contributed by atoms with van der Waals surface area (Å²) in [5, 5.41) is 6.52. The van der Waals surface area contributed by atoms with Gasteiger partial charge in [-0.2, -0.15) is 0 Å². The van der Waals surface area contributed by atoms with Crippen molar-refractivity contribution in [3.8, 4) is 24.7 Å². The molecule has 4 saturated heterocycles. The van der Waals surface area contributed by atoms with E-state index in [2.05, 4.69) is 22.5 Å². The van der Waals surface area contributed by atoms with Crippen LogP contribution in [-0.2, 0) is 51.0 Å². The second-order valence-corrected chi connectivity index (χ2v) is 18.2. The van der Waals surface area contributed by atoms with E-state index in [0.717, 1.165) is 0 Å². The third-order valence-corrected chi connectivity index (χ3v) is 13.7. The molecular weight excluding hydrogens is 904 g/mol. The van der Waals surface area contributed by atoms with Gasteiger partial charge in [-0.05, 0) is 59.7 Å². The van der Waals surface area contributed by atoms with Crippen molar-refractivity contribution >= 4 is 92.4 Å². The number of hydrogen-bond acceptors (Lipinski definition) is 12. The number of Topliss-reactive ketones (excluding diaryl/α,β-unsaturated/α-hetero) is 2. The Bertz CT molecular complexity index is 2370. The zero-order chi connectivity index (χ0) is 45.4. The first kappa shape index (κ1) is 46.6. The van der Waals surface area contributed by atoms with Gasteiger partial charge in [-0.1, -0.05) is 47.2 Å². The van der Waals surface area contributed by atoms with Gasteiger partial charge in [0.1, 0.15) is 24.3 Å². The number of benzene rings is 2. The smallest absolute Gasteiger partial charge is 0.262 e. The van der Waals surface area contributed by atoms with E-state index < -0.39 is 11.1 Å². The summed E-state index contributed by atoms with van der Waals surface area (Å²) in [6.45, 7) is 2.75. The number of ketones is 2. The molecule has 0 radical (unpaired) electrons.